The minimum atomic E-state index is -1.38. The van der Waals surface area contributed by atoms with Gasteiger partial charge in [-0.1, -0.05) is 6.08 Å². The molecule has 1 saturated heterocycles. The highest BCUT2D eigenvalue weighted by atomic mass is 16.6. The van der Waals surface area contributed by atoms with Crippen LogP contribution < -0.4 is 11.2 Å². The summed E-state index contributed by atoms with van der Waals surface area (Å²) in [5, 5.41) is 28.6. The average molecular weight is 284 g/mol. The third kappa shape index (κ3) is 2.46. The summed E-state index contributed by atoms with van der Waals surface area (Å²) in [6.07, 6.45) is -1.87. The maximum absolute atomic E-state index is 11.8. The van der Waals surface area contributed by atoms with Crippen LogP contribution >= 0.6 is 0 Å². The number of ether oxygens (including phenoxy) is 1. The Bertz CT molecular complexity index is 607. The van der Waals surface area contributed by atoms with E-state index in [1.807, 2.05) is 0 Å². The van der Waals surface area contributed by atoms with Gasteiger partial charge in [0, 0.05) is 11.8 Å². The van der Waals surface area contributed by atoms with Crippen molar-refractivity contribution < 1.29 is 20.1 Å². The van der Waals surface area contributed by atoms with E-state index < -0.39 is 42.4 Å². The zero-order chi connectivity index (χ0) is 14.9. The highest BCUT2D eigenvalue weighted by Crippen LogP contribution is 2.27. The first-order valence-corrected chi connectivity index (χ1v) is 6.07. The minimum Gasteiger partial charge on any atom is -0.394 e. The topological polar surface area (TPSA) is 125 Å². The van der Waals surface area contributed by atoms with Crippen molar-refractivity contribution in [2.75, 3.05) is 6.61 Å². The molecule has 8 nitrogen and oxygen atoms in total. The molecule has 1 aliphatic heterocycles. The molecule has 0 bridgehead atoms. The molecule has 0 saturated carbocycles. The second-order valence-corrected chi connectivity index (χ2v) is 4.54. The molecule has 0 spiro atoms. The zero-order valence-corrected chi connectivity index (χ0v) is 10.6. The lowest BCUT2D eigenvalue weighted by atomic mass is 10.1. The predicted molar refractivity (Wildman–Crippen MR) is 68.2 cm³/mol. The molecule has 1 aromatic heterocycles. The van der Waals surface area contributed by atoms with Gasteiger partial charge in [0.2, 0.25) is 0 Å². The van der Waals surface area contributed by atoms with Crippen LogP contribution in [0.5, 0.6) is 0 Å². The van der Waals surface area contributed by atoms with Crippen molar-refractivity contribution >= 4 is 0 Å². The summed E-state index contributed by atoms with van der Waals surface area (Å²) in [6.45, 7) is 3.01. The maximum Gasteiger partial charge on any atom is 0.330 e. The number of allylic oxidation sites excluding steroid dienone is 1. The molecule has 0 aliphatic carbocycles. The lowest BCUT2D eigenvalue weighted by Crippen LogP contribution is -2.38. The van der Waals surface area contributed by atoms with Gasteiger partial charge in [-0.25, -0.2) is 4.79 Å². The fraction of sp³-hybridized carbons (Fsp3) is 0.500. The van der Waals surface area contributed by atoms with Gasteiger partial charge < -0.3 is 20.1 Å². The minimum absolute atomic E-state index is 0.240. The number of rotatable bonds is 4. The van der Waals surface area contributed by atoms with Crippen molar-refractivity contribution in [2.24, 2.45) is 0 Å². The summed E-state index contributed by atoms with van der Waals surface area (Å²) < 4.78 is 6.23. The van der Waals surface area contributed by atoms with Gasteiger partial charge in [-0.05, 0) is 6.42 Å². The Balaban J connectivity index is 2.43. The molecule has 4 atom stereocenters. The van der Waals surface area contributed by atoms with Gasteiger partial charge in [0.25, 0.3) is 5.56 Å². The highest BCUT2D eigenvalue weighted by Gasteiger charge is 2.43. The Kier molecular flexibility index (Phi) is 4.19. The number of aromatic nitrogens is 2. The normalized spacial score (nSPS) is 29.6. The number of nitrogens with one attached hydrogen (secondary N) is 1. The molecule has 20 heavy (non-hydrogen) atoms. The van der Waals surface area contributed by atoms with Crippen LogP contribution in [-0.4, -0.2) is 49.8 Å². The summed E-state index contributed by atoms with van der Waals surface area (Å²) in [5.74, 6) is 0. The number of aliphatic hydroxyl groups excluding tert-OH is 3. The molecule has 0 aromatic carbocycles. The zero-order valence-electron chi connectivity index (χ0n) is 10.6. The maximum atomic E-state index is 11.8. The van der Waals surface area contributed by atoms with Crippen LogP contribution in [0, 0.1) is 0 Å². The molecule has 0 amide bonds. The summed E-state index contributed by atoms with van der Waals surface area (Å²) in [5.41, 5.74) is -1.03. The molecule has 1 fully saturated rings. The van der Waals surface area contributed by atoms with Crippen molar-refractivity contribution in [1.82, 2.24) is 9.55 Å². The number of H-pyrrole nitrogens is 1. The Morgan fingerprint density at radius 3 is 2.65 bits per heavy atom. The third-order valence-corrected chi connectivity index (χ3v) is 3.20. The molecule has 1 aromatic rings. The molecule has 1 aliphatic rings. The molecule has 4 N–H and O–H groups in total. The second kappa shape index (κ2) is 5.71. The van der Waals surface area contributed by atoms with Gasteiger partial charge in [0.05, 0.1) is 6.61 Å². The molecule has 2 heterocycles. The smallest absolute Gasteiger partial charge is 0.330 e. The van der Waals surface area contributed by atoms with Crippen LogP contribution in [0.1, 0.15) is 11.8 Å². The molecule has 0 radical (unpaired) electrons. The standard InChI is InChI=1S/C12H16N2O6/c1-2-3-6-4-14(12(19)13-10(6)18)11-9(17)8(16)7(5-15)20-11/h2,4,7-9,11,15-17H,1,3,5H2,(H,13,18,19)/t7-,8?,9?,11-/m0/s1. The Morgan fingerprint density at radius 1 is 1.40 bits per heavy atom. The molecular formula is C12H16N2O6. The van der Waals surface area contributed by atoms with Crippen molar-refractivity contribution in [3.8, 4) is 0 Å². The monoisotopic (exact) mass is 284 g/mol. The molecular weight excluding hydrogens is 268 g/mol. The van der Waals surface area contributed by atoms with Crippen LogP contribution in [0.25, 0.3) is 0 Å². The number of hydrogen-bond acceptors (Lipinski definition) is 6. The average Bonchev–Trinajstić information content (AvgIpc) is 2.70. The summed E-state index contributed by atoms with van der Waals surface area (Å²) in [6, 6.07) is 0. The van der Waals surface area contributed by atoms with E-state index in [9.17, 15) is 19.8 Å². The van der Waals surface area contributed by atoms with E-state index in [0.717, 1.165) is 4.57 Å². The lowest BCUT2D eigenvalue weighted by molar-refractivity contribution is -0.0551. The van der Waals surface area contributed by atoms with E-state index in [4.69, 9.17) is 9.84 Å². The summed E-state index contributed by atoms with van der Waals surface area (Å²) >= 11 is 0. The van der Waals surface area contributed by atoms with E-state index in [1.165, 1.54) is 12.3 Å². The van der Waals surface area contributed by atoms with Crippen LogP contribution in [0.15, 0.2) is 28.4 Å². The Morgan fingerprint density at radius 2 is 2.10 bits per heavy atom. The van der Waals surface area contributed by atoms with E-state index in [2.05, 4.69) is 11.6 Å². The van der Waals surface area contributed by atoms with Gasteiger partial charge >= 0.3 is 5.69 Å². The lowest BCUT2D eigenvalue weighted by Gasteiger charge is -2.17. The highest BCUT2D eigenvalue weighted by molar-refractivity contribution is 5.09. The summed E-state index contributed by atoms with van der Waals surface area (Å²) in [4.78, 5) is 25.4. The predicted octanol–water partition coefficient (Wildman–Crippen LogP) is -2.12. The quantitative estimate of drug-likeness (QED) is 0.468. The largest absolute Gasteiger partial charge is 0.394 e. The van der Waals surface area contributed by atoms with Gasteiger partial charge in [-0.2, -0.15) is 0 Å². The third-order valence-electron chi connectivity index (χ3n) is 3.20. The molecule has 8 heteroatoms. The van der Waals surface area contributed by atoms with Crippen LogP contribution in [0.3, 0.4) is 0 Å². The van der Waals surface area contributed by atoms with E-state index in [0.29, 0.717) is 0 Å². The first-order chi connectivity index (χ1) is 9.49. The van der Waals surface area contributed by atoms with Crippen molar-refractivity contribution in [3.05, 3.63) is 45.3 Å². The molecule has 2 rings (SSSR count). The first-order valence-electron chi connectivity index (χ1n) is 6.07. The van der Waals surface area contributed by atoms with Gasteiger partial charge in [-0.3, -0.25) is 14.3 Å². The Labute approximate surface area is 113 Å². The van der Waals surface area contributed by atoms with Crippen molar-refractivity contribution in [1.29, 1.82) is 0 Å². The second-order valence-electron chi connectivity index (χ2n) is 4.54. The number of aromatic amines is 1. The fourth-order valence-corrected chi connectivity index (χ4v) is 2.13. The fourth-order valence-electron chi connectivity index (χ4n) is 2.13. The van der Waals surface area contributed by atoms with Crippen LogP contribution in [0.4, 0.5) is 0 Å². The summed E-state index contributed by atoms with van der Waals surface area (Å²) in [7, 11) is 0. The van der Waals surface area contributed by atoms with Gasteiger partial charge in [-0.15, -0.1) is 6.58 Å². The number of hydrogen-bond donors (Lipinski definition) is 4. The van der Waals surface area contributed by atoms with E-state index >= 15 is 0 Å². The van der Waals surface area contributed by atoms with Crippen molar-refractivity contribution in [2.45, 2.75) is 31.0 Å². The first kappa shape index (κ1) is 14.7. The Hall–Kier alpha value is -1.74. The number of nitrogens with zero attached hydrogens (tertiary/aromatic N) is 1. The van der Waals surface area contributed by atoms with E-state index in [1.54, 1.807) is 0 Å². The van der Waals surface area contributed by atoms with Gasteiger partial charge in [0.15, 0.2) is 6.23 Å². The number of aliphatic hydroxyl groups is 3. The van der Waals surface area contributed by atoms with Crippen LogP contribution in [-0.2, 0) is 11.2 Å². The SMILES string of the molecule is C=CCc1cn([C@H]2O[C@@H](CO)C(O)C2O)c(=O)[nH]c1=O. The van der Waals surface area contributed by atoms with Crippen LogP contribution in [0.2, 0.25) is 0 Å². The van der Waals surface area contributed by atoms with E-state index in [-0.39, 0.29) is 12.0 Å². The molecule has 110 valence electrons. The molecule has 2 unspecified atom stereocenters. The van der Waals surface area contributed by atoms with Gasteiger partial charge in [0.1, 0.15) is 18.3 Å². The van der Waals surface area contributed by atoms with Crippen molar-refractivity contribution in [3.63, 3.8) is 0 Å².